The first kappa shape index (κ1) is 31.7. The van der Waals surface area contributed by atoms with E-state index >= 15 is 0 Å². The monoisotopic (exact) mass is 732 g/mol. The second-order valence-corrected chi connectivity index (χ2v) is 13.1. The summed E-state index contributed by atoms with van der Waals surface area (Å²) in [6.07, 6.45) is -9.37. The minimum Gasteiger partial charge on any atom is -0.354 e. The fourth-order valence-electron chi connectivity index (χ4n) is 7.98. The number of hydrogen-bond donors (Lipinski definition) is 2. The van der Waals surface area contributed by atoms with Crippen LogP contribution in [0.1, 0.15) is 52.6 Å². The van der Waals surface area contributed by atoms with E-state index in [1.165, 1.54) is 0 Å². The van der Waals surface area contributed by atoms with Crippen molar-refractivity contribution in [2.24, 2.45) is 0 Å². The van der Waals surface area contributed by atoms with Gasteiger partial charge in [-0.1, -0.05) is 36.4 Å². The quantitative estimate of drug-likeness (QED) is 0.136. The summed E-state index contributed by atoms with van der Waals surface area (Å²) in [5, 5.41) is 1.32. The van der Waals surface area contributed by atoms with Crippen molar-refractivity contribution in [3.63, 3.8) is 0 Å². The molecule has 4 amide bonds. The van der Waals surface area contributed by atoms with Gasteiger partial charge in [0.25, 0.3) is 23.6 Å². The molecule has 2 aliphatic heterocycles. The maximum atomic E-state index is 14.8. The molecule has 0 saturated carbocycles. The minimum atomic E-state index is -4.69. The van der Waals surface area contributed by atoms with Crippen LogP contribution < -0.4 is 9.80 Å². The van der Waals surface area contributed by atoms with E-state index in [4.69, 9.17) is 0 Å². The number of aromatic nitrogens is 2. The zero-order valence-electron chi connectivity index (χ0n) is 27.0. The summed E-state index contributed by atoms with van der Waals surface area (Å²) in [5.74, 6) is -3.63. The number of nitrogens with one attached hydrogen (secondary N) is 2. The molecule has 2 aromatic heterocycles. The Morgan fingerprint density at radius 1 is 0.407 bits per heavy atom. The maximum absolute atomic E-state index is 14.8. The van der Waals surface area contributed by atoms with Gasteiger partial charge in [-0.05, 0) is 60.7 Å². The highest BCUT2D eigenvalue weighted by Crippen LogP contribution is 2.50. The SMILES string of the molecule is O=C1c2c3[nH]c4ccccc4c3c3c4c(c5[nH]c6ccccc6c5c(c24)C(=O)N1c1ccc(C(F)(F)F)cc1)C(=O)N(c1ccc(C(F)(F)F)cc1)C3=O. The number of carbonyl (C=O) groups is 4. The maximum Gasteiger partial charge on any atom is 0.416 e. The lowest BCUT2D eigenvalue weighted by Gasteiger charge is -2.33. The van der Waals surface area contributed by atoms with Gasteiger partial charge in [-0.15, -0.1) is 0 Å². The molecule has 0 spiro atoms. The van der Waals surface area contributed by atoms with E-state index < -0.39 is 47.1 Å². The van der Waals surface area contributed by atoms with Crippen LogP contribution in [0, 0.1) is 0 Å². The number of benzene rings is 6. The fourth-order valence-corrected chi connectivity index (χ4v) is 7.98. The van der Waals surface area contributed by atoms with Crippen LogP contribution in [0.3, 0.4) is 0 Å². The van der Waals surface area contributed by atoms with Crippen molar-refractivity contribution < 1.29 is 45.5 Å². The molecule has 0 unspecified atom stereocenters. The Morgan fingerprint density at radius 3 is 1.09 bits per heavy atom. The molecule has 0 saturated heterocycles. The van der Waals surface area contributed by atoms with Crippen LogP contribution in [0.2, 0.25) is 0 Å². The third-order valence-corrected chi connectivity index (χ3v) is 10.2. The zero-order valence-corrected chi connectivity index (χ0v) is 27.0. The second kappa shape index (κ2) is 10.3. The van der Waals surface area contributed by atoms with Gasteiger partial charge in [0.15, 0.2) is 0 Å². The molecule has 264 valence electrons. The number of hydrogen-bond acceptors (Lipinski definition) is 4. The van der Waals surface area contributed by atoms with Crippen molar-refractivity contribution >= 4 is 89.4 Å². The summed E-state index contributed by atoms with van der Waals surface area (Å²) < 4.78 is 81.3. The zero-order chi connectivity index (χ0) is 37.6. The van der Waals surface area contributed by atoms with Gasteiger partial charge in [-0.25, -0.2) is 9.80 Å². The summed E-state index contributed by atoms with van der Waals surface area (Å²) >= 11 is 0. The number of fused-ring (bicyclic) bond motifs is 10. The van der Waals surface area contributed by atoms with E-state index in [9.17, 15) is 45.5 Å². The molecular formula is C40H18F6N4O4. The van der Waals surface area contributed by atoms with E-state index in [1.807, 2.05) is 0 Å². The highest BCUT2D eigenvalue weighted by Gasteiger charge is 2.46. The third-order valence-electron chi connectivity index (χ3n) is 10.2. The molecule has 0 aliphatic carbocycles. The molecule has 0 fully saturated rings. The molecule has 2 N–H and O–H groups in total. The normalized spacial score (nSPS) is 14.9. The van der Waals surface area contributed by atoms with Crippen molar-refractivity contribution in [1.82, 2.24) is 9.97 Å². The second-order valence-electron chi connectivity index (χ2n) is 13.1. The molecule has 0 bridgehead atoms. The number of nitrogens with zero attached hydrogens (tertiary/aromatic N) is 2. The molecule has 8 nitrogen and oxygen atoms in total. The minimum absolute atomic E-state index is 0.0109. The average molecular weight is 733 g/mol. The van der Waals surface area contributed by atoms with Crippen LogP contribution in [0.5, 0.6) is 0 Å². The smallest absolute Gasteiger partial charge is 0.354 e. The predicted molar refractivity (Wildman–Crippen MR) is 188 cm³/mol. The molecule has 0 radical (unpaired) electrons. The first-order chi connectivity index (χ1) is 25.8. The number of anilines is 2. The fraction of sp³-hybridized carbons (Fsp3) is 0.0500. The van der Waals surface area contributed by atoms with Crippen LogP contribution >= 0.6 is 0 Å². The lowest BCUT2D eigenvalue weighted by atomic mass is 9.81. The highest BCUT2D eigenvalue weighted by atomic mass is 19.4. The van der Waals surface area contributed by atoms with Gasteiger partial charge in [-0.3, -0.25) is 19.2 Å². The van der Waals surface area contributed by atoms with Gasteiger partial charge < -0.3 is 9.97 Å². The number of alkyl halides is 6. The number of carbonyl (C=O) groups excluding carboxylic acids is 4. The first-order valence-corrected chi connectivity index (χ1v) is 16.3. The molecule has 6 aromatic carbocycles. The molecule has 2 aliphatic rings. The van der Waals surface area contributed by atoms with Crippen LogP contribution in [-0.4, -0.2) is 33.6 Å². The van der Waals surface area contributed by atoms with E-state index in [0.29, 0.717) is 21.8 Å². The first-order valence-electron chi connectivity index (χ1n) is 16.3. The van der Waals surface area contributed by atoms with Crippen LogP contribution in [0.25, 0.3) is 54.4 Å². The average Bonchev–Trinajstić information content (AvgIpc) is 3.71. The number of H-pyrrole nitrogens is 2. The third kappa shape index (κ3) is 4.04. The van der Waals surface area contributed by atoms with Gasteiger partial charge >= 0.3 is 12.4 Å². The number of rotatable bonds is 2. The van der Waals surface area contributed by atoms with E-state index in [-0.39, 0.29) is 66.2 Å². The lowest BCUT2D eigenvalue weighted by Crippen LogP contribution is -2.44. The van der Waals surface area contributed by atoms with Crippen LogP contribution in [0.4, 0.5) is 37.7 Å². The summed E-state index contributed by atoms with van der Waals surface area (Å²) in [6, 6.07) is 20.7. The van der Waals surface area contributed by atoms with E-state index in [1.54, 1.807) is 48.5 Å². The molecule has 8 aromatic rings. The van der Waals surface area contributed by atoms with Crippen molar-refractivity contribution in [2.45, 2.75) is 12.4 Å². The molecular weight excluding hydrogens is 714 g/mol. The van der Waals surface area contributed by atoms with Gasteiger partial charge in [-0.2, -0.15) is 26.3 Å². The summed E-state index contributed by atoms with van der Waals surface area (Å²) in [6.45, 7) is 0. The van der Waals surface area contributed by atoms with E-state index in [0.717, 1.165) is 58.3 Å². The van der Waals surface area contributed by atoms with Crippen LogP contribution in [0.15, 0.2) is 97.1 Å². The standard InChI is InChI=1S/C40H18F6N4O4/c41-39(42,43)17-9-13-19(14-10-17)49-35(51)29-25-21-5-1-3-7-23(21)47-33(25)31-28-27(29)32(38(49)54)34-26(22-6-2-4-8-24(22)48-34)30(28)36(52)50(37(31)53)20-15-11-18(12-16-20)40(44,45)46/h1-16,47-48H. The van der Waals surface area contributed by atoms with Crippen molar-refractivity contribution in [3.05, 3.63) is 130 Å². The number of para-hydroxylation sites is 2. The molecule has 54 heavy (non-hydrogen) atoms. The lowest BCUT2D eigenvalue weighted by molar-refractivity contribution is -0.138. The van der Waals surface area contributed by atoms with Crippen molar-refractivity contribution in [3.8, 4) is 0 Å². The topological polar surface area (TPSA) is 106 Å². The highest BCUT2D eigenvalue weighted by molar-refractivity contribution is 6.51. The van der Waals surface area contributed by atoms with Gasteiger partial charge in [0.2, 0.25) is 0 Å². The summed E-state index contributed by atoms with van der Waals surface area (Å²) in [4.78, 5) is 67.3. The van der Waals surface area contributed by atoms with Crippen molar-refractivity contribution in [2.75, 3.05) is 9.80 Å². The number of amides is 4. The Balaban J connectivity index is 1.37. The Labute approximate surface area is 297 Å². The predicted octanol–water partition coefficient (Wildman–Crippen LogP) is 9.75. The van der Waals surface area contributed by atoms with E-state index in [2.05, 4.69) is 9.97 Å². The number of halogens is 6. The van der Waals surface area contributed by atoms with Gasteiger partial charge in [0, 0.05) is 43.4 Å². The Kier molecular flexibility index (Phi) is 6.08. The van der Waals surface area contributed by atoms with Gasteiger partial charge in [0.05, 0.1) is 55.8 Å². The number of aromatic amines is 2. The Hall–Kier alpha value is -6.96. The Bertz CT molecular complexity index is 2840. The summed E-state index contributed by atoms with van der Waals surface area (Å²) in [7, 11) is 0. The largest absolute Gasteiger partial charge is 0.416 e. The Morgan fingerprint density at radius 2 is 0.741 bits per heavy atom. The molecule has 4 heterocycles. The molecule has 10 rings (SSSR count). The van der Waals surface area contributed by atoms with Gasteiger partial charge in [0.1, 0.15) is 0 Å². The van der Waals surface area contributed by atoms with Crippen LogP contribution in [-0.2, 0) is 12.4 Å². The molecule has 14 heteroatoms. The number of imide groups is 2. The van der Waals surface area contributed by atoms with Crippen molar-refractivity contribution in [1.29, 1.82) is 0 Å². The molecule has 0 atom stereocenters. The summed E-state index contributed by atoms with van der Waals surface area (Å²) in [5.41, 5.74) is -1.39.